The second kappa shape index (κ2) is 8.01. The maximum atomic E-state index is 12.2. The minimum atomic E-state index is -0.867. The van der Waals surface area contributed by atoms with Gasteiger partial charge in [0, 0.05) is 24.4 Å². The molecular weight excluding hydrogens is 326 g/mol. The lowest BCUT2D eigenvalue weighted by Gasteiger charge is -2.33. The number of thiophene rings is 1. The fourth-order valence-corrected chi connectivity index (χ4v) is 4.01. The number of aromatic carboxylic acids is 1. The first-order valence-corrected chi connectivity index (χ1v) is 9.22. The van der Waals surface area contributed by atoms with Crippen LogP contribution < -0.4 is 0 Å². The molecule has 1 aromatic rings. The van der Waals surface area contributed by atoms with Crippen molar-refractivity contribution in [3.05, 3.63) is 20.9 Å². The van der Waals surface area contributed by atoms with Crippen LogP contribution in [0.4, 0.5) is 4.79 Å². The first-order valence-electron chi connectivity index (χ1n) is 8.40. The van der Waals surface area contributed by atoms with Crippen molar-refractivity contribution in [1.82, 2.24) is 4.90 Å². The smallest absolute Gasteiger partial charge is 0.410 e. The Hall–Kier alpha value is -1.56. The van der Waals surface area contributed by atoms with Gasteiger partial charge in [0.1, 0.15) is 10.5 Å². The number of fused-ring (bicyclic) bond motifs is 1. The predicted molar refractivity (Wildman–Crippen MR) is 97.2 cm³/mol. The van der Waals surface area contributed by atoms with Crippen molar-refractivity contribution in [2.75, 3.05) is 7.05 Å². The highest BCUT2D eigenvalue weighted by Gasteiger charge is 2.31. The fraction of sp³-hybridized carbons (Fsp3) is 0.667. The molecule has 0 aliphatic heterocycles. The summed E-state index contributed by atoms with van der Waals surface area (Å²) in [5, 5.41) is 9.23. The standard InChI is InChI=1S/C16H23NO4S.C2H6/c1-9-11-7-6-10(8-12(11)22-13(9)14(18)19)17(5)15(20)21-16(2,3)4;1-2/h10H,6-8H2,1-5H3,(H,18,19);1-2H3. The molecule has 1 unspecified atom stereocenters. The third kappa shape index (κ3) is 4.72. The molecule has 136 valence electrons. The van der Waals surface area contributed by atoms with Crippen molar-refractivity contribution in [2.45, 2.75) is 72.4 Å². The van der Waals surface area contributed by atoms with Crippen molar-refractivity contribution in [3.63, 3.8) is 0 Å². The Balaban J connectivity index is 0.00000139. The van der Waals surface area contributed by atoms with E-state index in [-0.39, 0.29) is 12.1 Å². The topological polar surface area (TPSA) is 66.8 Å². The van der Waals surface area contributed by atoms with E-state index in [0.29, 0.717) is 11.3 Å². The highest BCUT2D eigenvalue weighted by atomic mass is 32.1. The number of hydrogen-bond donors (Lipinski definition) is 1. The molecule has 24 heavy (non-hydrogen) atoms. The number of likely N-dealkylation sites (N-methyl/N-ethyl adjacent to an activating group) is 1. The summed E-state index contributed by atoms with van der Waals surface area (Å²) < 4.78 is 5.40. The minimum absolute atomic E-state index is 0.0574. The van der Waals surface area contributed by atoms with Gasteiger partial charge in [0.25, 0.3) is 0 Å². The van der Waals surface area contributed by atoms with Gasteiger partial charge in [0.05, 0.1) is 0 Å². The van der Waals surface area contributed by atoms with Crippen LogP contribution in [0.3, 0.4) is 0 Å². The maximum absolute atomic E-state index is 12.2. The monoisotopic (exact) mass is 355 g/mol. The Bertz CT molecular complexity index is 601. The molecule has 0 saturated heterocycles. The summed E-state index contributed by atoms with van der Waals surface area (Å²) in [6.07, 6.45) is 2.01. The molecule has 1 aromatic heterocycles. The number of ether oxygens (including phenoxy) is 1. The summed E-state index contributed by atoms with van der Waals surface area (Å²) in [5.74, 6) is -0.867. The van der Waals surface area contributed by atoms with E-state index in [9.17, 15) is 14.7 Å². The second-order valence-corrected chi connectivity index (χ2v) is 7.86. The molecule has 6 heteroatoms. The third-order valence-electron chi connectivity index (χ3n) is 3.93. The van der Waals surface area contributed by atoms with E-state index < -0.39 is 11.6 Å². The van der Waals surface area contributed by atoms with Crippen LogP contribution in [0.5, 0.6) is 0 Å². The third-order valence-corrected chi connectivity index (χ3v) is 5.27. The normalized spacial score (nSPS) is 16.5. The summed E-state index contributed by atoms with van der Waals surface area (Å²) in [7, 11) is 1.75. The van der Waals surface area contributed by atoms with E-state index in [0.717, 1.165) is 28.8 Å². The van der Waals surface area contributed by atoms with E-state index in [4.69, 9.17) is 4.74 Å². The summed E-state index contributed by atoms with van der Waals surface area (Å²) in [6.45, 7) is 11.4. The van der Waals surface area contributed by atoms with Gasteiger partial charge in [-0.25, -0.2) is 9.59 Å². The molecule has 0 radical (unpaired) electrons. The molecule has 1 amide bonds. The first-order chi connectivity index (χ1) is 11.1. The number of nitrogens with zero attached hydrogens (tertiary/aromatic N) is 1. The number of carboxylic acid groups (broad SMARTS) is 1. The van der Waals surface area contributed by atoms with Crippen LogP contribution >= 0.6 is 11.3 Å². The number of amides is 1. The van der Waals surface area contributed by atoms with Crippen molar-refractivity contribution < 1.29 is 19.4 Å². The Kier molecular flexibility index (Phi) is 6.84. The minimum Gasteiger partial charge on any atom is -0.477 e. The molecule has 1 N–H and O–H groups in total. The van der Waals surface area contributed by atoms with E-state index in [1.807, 2.05) is 41.5 Å². The Labute approximate surface area is 148 Å². The van der Waals surface area contributed by atoms with Crippen LogP contribution in [0.25, 0.3) is 0 Å². The molecule has 0 saturated carbocycles. The van der Waals surface area contributed by atoms with Crippen LogP contribution in [-0.4, -0.2) is 40.8 Å². The number of carbonyl (C=O) groups excluding carboxylic acids is 1. The van der Waals surface area contributed by atoms with Gasteiger partial charge in [0.15, 0.2) is 0 Å². The quantitative estimate of drug-likeness (QED) is 0.848. The van der Waals surface area contributed by atoms with Crippen molar-refractivity contribution >= 4 is 23.4 Å². The van der Waals surface area contributed by atoms with Gasteiger partial charge in [0.2, 0.25) is 0 Å². The molecule has 0 aromatic carbocycles. The van der Waals surface area contributed by atoms with E-state index in [1.54, 1.807) is 11.9 Å². The molecule has 0 fully saturated rings. The van der Waals surface area contributed by atoms with Crippen LogP contribution in [0.1, 0.15) is 66.7 Å². The zero-order valence-electron chi connectivity index (χ0n) is 15.7. The number of carboxylic acids is 1. The van der Waals surface area contributed by atoms with Crippen LogP contribution in [0, 0.1) is 6.92 Å². The van der Waals surface area contributed by atoms with Gasteiger partial charge >= 0.3 is 12.1 Å². The zero-order valence-corrected chi connectivity index (χ0v) is 16.5. The van der Waals surface area contributed by atoms with E-state index in [2.05, 4.69) is 0 Å². The molecular formula is C18H29NO4S. The summed E-state index contributed by atoms with van der Waals surface area (Å²) >= 11 is 1.34. The van der Waals surface area contributed by atoms with E-state index >= 15 is 0 Å². The average Bonchev–Trinajstić information content (AvgIpc) is 2.83. The molecule has 1 aliphatic carbocycles. The lowest BCUT2D eigenvalue weighted by atomic mass is 9.91. The Morgan fingerprint density at radius 1 is 1.29 bits per heavy atom. The van der Waals surface area contributed by atoms with Crippen LogP contribution in [0.15, 0.2) is 0 Å². The number of carbonyl (C=O) groups is 2. The molecule has 0 spiro atoms. The van der Waals surface area contributed by atoms with Crippen molar-refractivity contribution in [3.8, 4) is 0 Å². The van der Waals surface area contributed by atoms with Gasteiger partial charge < -0.3 is 14.7 Å². The van der Waals surface area contributed by atoms with Gasteiger partial charge in [-0.15, -0.1) is 11.3 Å². The average molecular weight is 356 g/mol. The van der Waals surface area contributed by atoms with Gasteiger partial charge in [-0.2, -0.15) is 0 Å². The molecule has 1 aliphatic rings. The molecule has 0 bridgehead atoms. The highest BCUT2D eigenvalue weighted by Crippen LogP contribution is 2.35. The second-order valence-electron chi connectivity index (χ2n) is 6.75. The first kappa shape index (κ1) is 20.5. The van der Waals surface area contributed by atoms with Crippen molar-refractivity contribution in [1.29, 1.82) is 0 Å². The number of rotatable bonds is 2. The highest BCUT2D eigenvalue weighted by molar-refractivity contribution is 7.14. The van der Waals surface area contributed by atoms with Gasteiger partial charge in [-0.1, -0.05) is 13.8 Å². The SMILES string of the molecule is CC.Cc1c(C(=O)O)sc2c1CCC(N(C)C(=O)OC(C)(C)C)C2. The molecule has 5 nitrogen and oxygen atoms in total. The summed E-state index contributed by atoms with van der Waals surface area (Å²) in [5.41, 5.74) is 1.52. The predicted octanol–water partition coefficient (Wildman–Crippen LogP) is 4.51. The lowest BCUT2D eigenvalue weighted by Crippen LogP contribution is -2.43. The lowest BCUT2D eigenvalue weighted by molar-refractivity contribution is 0.0211. The largest absolute Gasteiger partial charge is 0.477 e. The Morgan fingerprint density at radius 2 is 1.88 bits per heavy atom. The van der Waals surface area contributed by atoms with Gasteiger partial charge in [-0.05, 0) is 51.7 Å². The summed E-state index contributed by atoms with van der Waals surface area (Å²) in [4.78, 5) is 26.6. The van der Waals surface area contributed by atoms with E-state index in [1.165, 1.54) is 11.3 Å². The molecule has 2 rings (SSSR count). The molecule has 1 heterocycles. The fourth-order valence-electron chi connectivity index (χ4n) is 2.74. The zero-order chi connectivity index (χ0) is 18.7. The van der Waals surface area contributed by atoms with Gasteiger partial charge in [-0.3, -0.25) is 0 Å². The Morgan fingerprint density at radius 3 is 2.38 bits per heavy atom. The summed E-state index contributed by atoms with van der Waals surface area (Å²) in [6, 6.07) is 0.0574. The van der Waals surface area contributed by atoms with Crippen LogP contribution in [-0.2, 0) is 17.6 Å². The molecule has 1 atom stereocenters. The number of hydrogen-bond acceptors (Lipinski definition) is 4. The maximum Gasteiger partial charge on any atom is 0.410 e. The van der Waals surface area contributed by atoms with Crippen LogP contribution in [0.2, 0.25) is 0 Å². The van der Waals surface area contributed by atoms with Crippen molar-refractivity contribution in [2.24, 2.45) is 0 Å².